The van der Waals surface area contributed by atoms with E-state index >= 15 is 0 Å². The lowest BCUT2D eigenvalue weighted by Gasteiger charge is -2.08. The minimum atomic E-state index is -3.85. The van der Waals surface area contributed by atoms with Crippen LogP contribution in [0.1, 0.15) is 24.2 Å². The zero-order valence-electron chi connectivity index (χ0n) is 14.5. The molecule has 142 valence electrons. The molecule has 0 saturated carbocycles. The number of nitrogens with one attached hydrogen (secondary N) is 1. The van der Waals surface area contributed by atoms with Gasteiger partial charge in [0.05, 0.1) is 26.6 Å². The Labute approximate surface area is 161 Å². The highest BCUT2D eigenvalue weighted by Crippen LogP contribution is 2.29. The molecule has 0 atom stereocenters. The summed E-state index contributed by atoms with van der Waals surface area (Å²) in [6.07, 6.45) is 0. The lowest BCUT2D eigenvalue weighted by molar-refractivity contribution is 0.101. The van der Waals surface area contributed by atoms with Gasteiger partial charge >= 0.3 is 0 Å². The molecule has 1 N–H and O–H groups in total. The number of rotatable bonds is 6. The Morgan fingerprint density at radius 3 is 2.33 bits per heavy atom. The maximum absolute atomic E-state index is 12.5. The number of thiazole rings is 1. The maximum atomic E-state index is 12.5. The lowest BCUT2D eigenvalue weighted by Crippen LogP contribution is -2.13. The van der Waals surface area contributed by atoms with Gasteiger partial charge in [-0.1, -0.05) is 19.1 Å². The van der Waals surface area contributed by atoms with Crippen LogP contribution in [0.5, 0.6) is 0 Å². The van der Waals surface area contributed by atoms with Gasteiger partial charge in [0.15, 0.2) is 5.78 Å². The summed E-state index contributed by atoms with van der Waals surface area (Å²) in [4.78, 5) is 15.4. The number of hydrogen-bond donors (Lipinski definition) is 1. The van der Waals surface area contributed by atoms with Gasteiger partial charge in [0.1, 0.15) is 0 Å². The molecule has 2 aromatic carbocycles. The normalized spacial score (nSPS) is 12.2. The number of sulfone groups is 1. The topological polar surface area (TPSA) is 110 Å². The molecule has 1 aromatic heterocycles. The highest BCUT2D eigenvalue weighted by molar-refractivity contribution is 7.93. The fourth-order valence-corrected chi connectivity index (χ4v) is 5.71. The zero-order chi connectivity index (χ0) is 19.8. The SMILES string of the molecule is CCS(=O)(=O)c1nc2ccc(NS(=O)(=O)c3ccc(C(C)=O)cc3)cc2s1. The number of hydrogen-bond acceptors (Lipinski definition) is 7. The predicted octanol–water partition coefficient (Wildman–Crippen LogP) is 3.09. The highest BCUT2D eigenvalue weighted by atomic mass is 32.2. The van der Waals surface area contributed by atoms with E-state index in [-0.39, 0.29) is 20.8 Å². The van der Waals surface area contributed by atoms with Gasteiger partial charge in [-0.05, 0) is 37.3 Å². The Kier molecular flexibility index (Phi) is 5.06. The number of fused-ring (bicyclic) bond motifs is 1. The lowest BCUT2D eigenvalue weighted by atomic mass is 10.2. The summed E-state index contributed by atoms with van der Waals surface area (Å²) >= 11 is 0.999. The van der Waals surface area contributed by atoms with E-state index in [1.165, 1.54) is 37.3 Å². The molecule has 0 saturated heterocycles. The quantitative estimate of drug-likeness (QED) is 0.609. The van der Waals surface area contributed by atoms with Gasteiger partial charge in [-0.2, -0.15) is 0 Å². The first-order valence-corrected chi connectivity index (χ1v) is 11.8. The van der Waals surface area contributed by atoms with E-state index in [4.69, 9.17) is 0 Å². The van der Waals surface area contributed by atoms with E-state index in [1.807, 2.05) is 0 Å². The molecule has 0 radical (unpaired) electrons. The summed E-state index contributed by atoms with van der Waals surface area (Å²) in [5.74, 6) is -0.205. The molecule has 0 spiro atoms. The van der Waals surface area contributed by atoms with Crippen LogP contribution in [0.4, 0.5) is 5.69 Å². The van der Waals surface area contributed by atoms with Gasteiger partial charge in [0.25, 0.3) is 10.0 Å². The van der Waals surface area contributed by atoms with Crippen molar-refractivity contribution in [1.29, 1.82) is 0 Å². The van der Waals surface area contributed by atoms with Crippen LogP contribution in [-0.2, 0) is 19.9 Å². The summed E-state index contributed by atoms with van der Waals surface area (Å²) < 4.78 is 52.0. The number of anilines is 1. The van der Waals surface area contributed by atoms with Gasteiger partial charge in [-0.25, -0.2) is 21.8 Å². The summed E-state index contributed by atoms with van der Waals surface area (Å²) in [5.41, 5.74) is 1.20. The van der Waals surface area contributed by atoms with Crippen molar-refractivity contribution in [2.75, 3.05) is 10.5 Å². The van der Waals surface area contributed by atoms with Crippen molar-refractivity contribution in [3.63, 3.8) is 0 Å². The molecule has 0 aliphatic heterocycles. The van der Waals surface area contributed by atoms with E-state index < -0.39 is 19.9 Å². The van der Waals surface area contributed by atoms with E-state index in [0.717, 1.165) is 11.3 Å². The van der Waals surface area contributed by atoms with Crippen LogP contribution >= 0.6 is 11.3 Å². The van der Waals surface area contributed by atoms with Crippen molar-refractivity contribution in [3.05, 3.63) is 48.0 Å². The van der Waals surface area contributed by atoms with E-state index in [0.29, 0.717) is 21.5 Å². The molecule has 3 rings (SSSR count). The van der Waals surface area contributed by atoms with Crippen LogP contribution in [0.2, 0.25) is 0 Å². The highest BCUT2D eigenvalue weighted by Gasteiger charge is 2.19. The molecule has 27 heavy (non-hydrogen) atoms. The standard InChI is InChI=1S/C17H16N2O5S3/c1-3-26(21,22)17-18-15-9-6-13(10-16(15)25-17)19-27(23,24)14-7-4-12(5-8-14)11(2)20/h4-10,19H,3H2,1-2H3. The Balaban J connectivity index is 1.92. The average molecular weight is 425 g/mol. The number of carbonyl (C=O) groups excluding carboxylic acids is 1. The first-order chi connectivity index (χ1) is 12.6. The molecule has 0 unspecified atom stereocenters. The Hall–Kier alpha value is -2.30. The average Bonchev–Trinajstić information content (AvgIpc) is 3.05. The number of benzene rings is 2. The third kappa shape index (κ3) is 4.02. The number of sulfonamides is 1. The van der Waals surface area contributed by atoms with Gasteiger partial charge in [0.2, 0.25) is 14.2 Å². The van der Waals surface area contributed by atoms with Crippen molar-refractivity contribution in [2.45, 2.75) is 23.1 Å². The van der Waals surface area contributed by atoms with Gasteiger partial charge in [-0.3, -0.25) is 9.52 Å². The Bertz CT molecular complexity index is 1230. The second-order valence-corrected chi connectivity index (χ2v) is 10.9. The summed E-state index contributed by atoms with van der Waals surface area (Å²) in [6.45, 7) is 2.94. The molecular formula is C17H16N2O5S3. The maximum Gasteiger partial charge on any atom is 0.261 e. The van der Waals surface area contributed by atoms with E-state index in [1.54, 1.807) is 19.1 Å². The number of carbonyl (C=O) groups is 1. The van der Waals surface area contributed by atoms with Crippen molar-refractivity contribution in [3.8, 4) is 0 Å². The second-order valence-electron chi connectivity index (χ2n) is 5.75. The first-order valence-electron chi connectivity index (χ1n) is 7.89. The molecule has 7 nitrogen and oxygen atoms in total. The third-order valence-electron chi connectivity index (χ3n) is 3.84. The molecule has 0 aliphatic rings. The van der Waals surface area contributed by atoms with E-state index in [9.17, 15) is 21.6 Å². The number of aromatic nitrogens is 1. The van der Waals surface area contributed by atoms with Crippen molar-refractivity contribution < 1.29 is 21.6 Å². The van der Waals surface area contributed by atoms with Gasteiger partial charge in [0, 0.05) is 5.56 Å². The van der Waals surface area contributed by atoms with Crippen LogP contribution < -0.4 is 4.72 Å². The van der Waals surface area contributed by atoms with Crippen molar-refractivity contribution in [2.24, 2.45) is 0 Å². The smallest absolute Gasteiger partial charge is 0.261 e. The Morgan fingerprint density at radius 2 is 1.74 bits per heavy atom. The van der Waals surface area contributed by atoms with Crippen LogP contribution in [0.25, 0.3) is 10.2 Å². The third-order valence-corrected chi connectivity index (χ3v) is 8.44. The largest absolute Gasteiger partial charge is 0.295 e. The molecule has 1 heterocycles. The zero-order valence-corrected chi connectivity index (χ0v) is 16.9. The number of ketones is 1. The van der Waals surface area contributed by atoms with Crippen LogP contribution in [0.3, 0.4) is 0 Å². The molecule has 0 amide bonds. The molecule has 10 heteroatoms. The molecule has 3 aromatic rings. The summed E-state index contributed by atoms with van der Waals surface area (Å²) in [5, 5.41) is 0. The minimum absolute atomic E-state index is 0.0137. The Morgan fingerprint density at radius 1 is 1.07 bits per heavy atom. The fraction of sp³-hybridized carbons (Fsp3) is 0.176. The number of nitrogens with zero attached hydrogens (tertiary/aromatic N) is 1. The minimum Gasteiger partial charge on any atom is -0.295 e. The molecule has 0 aliphatic carbocycles. The van der Waals surface area contributed by atoms with Gasteiger partial charge in [-0.15, -0.1) is 11.3 Å². The van der Waals surface area contributed by atoms with Crippen molar-refractivity contribution >= 4 is 52.9 Å². The van der Waals surface area contributed by atoms with Gasteiger partial charge < -0.3 is 0 Å². The van der Waals surface area contributed by atoms with Crippen molar-refractivity contribution in [1.82, 2.24) is 4.98 Å². The number of Topliss-reactive ketones (excluding diaryl/α,β-unsaturated/α-hetero) is 1. The molecule has 0 fully saturated rings. The van der Waals surface area contributed by atoms with E-state index in [2.05, 4.69) is 9.71 Å². The van der Waals surface area contributed by atoms with Crippen LogP contribution in [0.15, 0.2) is 51.7 Å². The summed E-state index contributed by atoms with van der Waals surface area (Å²) in [7, 11) is -7.27. The fourth-order valence-electron chi connectivity index (χ4n) is 2.31. The second kappa shape index (κ2) is 7.02. The van der Waals surface area contributed by atoms with Crippen LogP contribution in [-0.4, -0.2) is 33.4 Å². The predicted molar refractivity (Wildman–Crippen MR) is 105 cm³/mol. The summed E-state index contributed by atoms with van der Waals surface area (Å²) in [6, 6.07) is 10.2. The van der Waals surface area contributed by atoms with Crippen LogP contribution in [0, 0.1) is 0 Å². The molecular weight excluding hydrogens is 408 g/mol. The molecule has 0 bridgehead atoms. The monoisotopic (exact) mass is 424 g/mol. The first kappa shape index (κ1) is 19.5.